The summed E-state index contributed by atoms with van der Waals surface area (Å²) in [7, 11) is 0. The largest absolute Gasteiger partial charge is 0.458 e. The number of carbonyl (C=O) groups excluding carboxylic acids is 2. The van der Waals surface area contributed by atoms with Crippen molar-refractivity contribution in [3.05, 3.63) is 96.2 Å². The molecule has 5 nitrogen and oxygen atoms in total. The summed E-state index contributed by atoms with van der Waals surface area (Å²) in [5, 5.41) is 1.77. The average molecular weight is 461 g/mol. The summed E-state index contributed by atoms with van der Waals surface area (Å²) in [6.07, 6.45) is 0. The number of esters is 2. The molecule has 174 valence electrons. The van der Waals surface area contributed by atoms with E-state index in [1.807, 2.05) is 24.3 Å². The minimum absolute atomic E-state index is 0.115. The van der Waals surface area contributed by atoms with Crippen LogP contribution in [0.2, 0.25) is 0 Å². The third kappa shape index (κ3) is 5.78. The van der Waals surface area contributed by atoms with Crippen molar-refractivity contribution in [2.24, 2.45) is 0 Å². The van der Waals surface area contributed by atoms with Crippen molar-refractivity contribution in [1.29, 1.82) is 0 Å². The van der Waals surface area contributed by atoms with Gasteiger partial charge in [-0.15, -0.1) is 0 Å². The third-order valence-corrected chi connectivity index (χ3v) is 4.98. The molecule has 0 heterocycles. The number of allylic oxidation sites excluding steroid dienone is 2. The van der Waals surface area contributed by atoms with Crippen LogP contribution in [-0.4, -0.2) is 11.9 Å². The number of halogens is 1. The molecular weight excluding hydrogens is 435 g/mol. The molecule has 3 aromatic rings. The highest BCUT2D eigenvalue weighted by atomic mass is 19.1. The van der Waals surface area contributed by atoms with Gasteiger partial charge in [0.1, 0.15) is 28.8 Å². The maximum absolute atomic E-state index is 14.7. The van der Waals surface area contributed by atoms with Gasteiger partial charge in [0.05, 0.1) is 0 Å². The number of ether oxygens (including phenoxy) is 3. The molecule has 0 aromatic heterocycles. The van der Waals surface area contributed by atoms with E-state index in [2.05, 4.69) is 13.2 Å². The molecule has 0 unspecified atom stereocenters. The molecule has 0 spiro atoms. The lowest BCUT2D eigenvalue weighted by atomic mass is 10.0. The number of hydrogen-bond acceptors (Lipinski definition) is 5. The maximum atomic E-state index is 14.7. The molecule has 3 aromatic carbocycles. The lowest BCUT2D eigenvalue weighted by Crippen LogP contribution is -2.08. The first-order valence-electron chi connectivity index (χ1n) is 10.5. The van der Waals surface area contributed by atoms with E-state index in [0.29, 0.717) is 34.0 Å². The highest BCUT2D eigenvalue weighted by molar-refractivity contribution is 5.90. The predicted octanol–water partition coefficient (Wildman–Crippen LogP) is 6.88. The molecule has 0 N–H and O–H groups in total. The van der Waals surface area contributed by atoms with Gasteiger partial charge in [-0.25, -0.2) is 14.0 Å². The lowest BCUT2D eigenvalue weighted by molar-refractivity contribution is -0.135. The monoisotopic (exact) mass is 460 g/mol. The highest BCUT2D eigenvalue weighted by Crippen LogP contribution is 2.31. The summed E-state index contributed by atoms with van der Waals surface area (Å²) in [4.78, 5) is 23.3. The summed E-state index contributed by atoms with van der Waals surface area (Å²) in [6, 6.07) is 15.3. The minimum atomic E-state index is -0.606. The quantitative estimate of drug-likeness (QED) is 0.167. The second-order valence-corrected chi connectivity index (χ2v) is 7.92. The van der Waals surface area contributed by atoms with E-state index < -0.39 is 17.8 Å². The molecule has 0 aliphatic heterocycles. The van der Waals surface area contributed by atoms with Crippen LogP contribution >= 0.6 is 0 Å². The predicted molar refractivity (Wildman–Crippen MR) is 130 cm³/mol. The zero-order valence-corrected chi connectivity index (χ0v) is 19.5. The Kier molecular flexibility index (Phi) is 7.31. The van der Waals surface area contributed by atoms with E-state index in [-0.39, 0.29) is 11.3 Å². The Balaban J connectivity index is 1.82. The summed E-state index contributed by atoms with van der Waals surface area (Å²) < 4.78 is 30.8. The van der Waals surface area contributed by atoms with Gasteiger partial charge in [-0.1, -0.05) is 31.4 Å². The molecule has 0 fully saturated rings. The van der Waals surface area contributed by atoms with Crippen molar-refractivity contribution in [1.82, 2.24) is 0 Å². The van der Waals surface area contributed by atoms with Crippen LogP contribution in [0, 0.1) is 5.82 Å². The normalized spacial score (nSPS) is 11.4. The molecule has 0 radical (unpaired) electrons. The number of fused-ring (bicyclic) bond motifs is 1. The van der Waals surface area contributed by atoms with Gasteiger partial charge in [0.25, 0.3) is 0 Å². The van der Waals surface area contributed by atoms with E-state index in [1.165, 1.54) is 13.0 Å². The fourth-order valence-corrected chi connectivity index (χ4v) is 2.99. The smallest absolute Gasteiger partial charge is 0.338 e. The molecule has 0 aliphatic rings. The van der Waals surface area contributed by atoms with E-state index in [0.717, 1.165) is 10.8 Å². The van der Waals surface area contributed by atoms with Gasteiger partial charge in [-0.05, 0) is 74.4 Å². The van der Waals surface area contributed by atoms with Crippen LogP contribution in [0.4, 0.5) is 4.39 Å². The van der Waals surface area contributed by atoms with Gasteiger partial charge >= 0.3 is 11.9 Å². The number of rotatable bonds is 7. The summed E-state index contributed by atoms with van der Waals surface area (Å²) in [5.74, 6) is -0.156. The van der Waals surface area contributed by atoms with Gasteiger partial charge in [-0.2, -0.15) is 0 Å². The van der Waals surface area contributed by atoms with Gasteiger partial charge in [0.2, 0.25) is 0 Å². The molecular formula is C28H25FO5. The molecule has 0 aliphatic carbocycles. The van der Waals surface area contributed by atoms with Crippen molar-refractivity contribution in [2.75, 3.05) is 0 Å². The number of benzene rings is 3. The molecule has 0 saturated heterocycles. The van der Waals surface area contributed by atoms with Crippen molar-refractivity contribution in [3.8, 4) is 22.6 Å². The standard InChI is InChI=1S/C28H25FO5/c1-16(2)27(30)33-19(6)18(5)32-23-10-9-20-13-22(8-7-21(20)14-23)25-12-11-24(15-26(25)29)34-28(31)17(3)4/h7-15H,1,3H2,2,4-6H3. The minimum Gasteiger partial charge on any atom is -0.458 e. The van der Waals surface area contributed by atoms with Crippen molar-refractivity contribution < 1.29 is 28.2 Å². The number of carbonyl (C=O) groups is 2. The molecule has 0 amide bonds. The van der Waals surface area contributed by atoms with E-state index >= 15 is 0 Å². The molecule has 6 heteroatoms. The Labute approximate surface area is 197 Å². The van der Waals surface area contributed by atoms with Crippen LogP contribution in [0.25, 0.3) is 21.9 Å². The lowest BCUT2D eigenvalue weighted by Gasteiger charge is -2.12. The average Bonchev–Trinajstić information content (AvgIpc) is 2.78. The van der Waals surface area contributed by atoms with Crippen LogP contribution in [0.1, 0.15) is 27.7 Å². The molecule has 3 rings (SSSR count). The van der Waals surface area contributed by atoms with Crippen LogP contribution in [0.5, 0.6) is 11.5 Å². The van der Waals surface area contributed by atoms with Crippen molar-refractivity contribution >= 4 is 22.7 Å². The van der Waals surface area contributed by atoms with Crippen LogP contribution in [-0.2, 0) is 14.3 Å². The molecule has 0 atom stereocenters. The second-order valence-electron chi connectivity index (χ2n) is 7.92. The van der Waals surface area contributed by atoms with E-state index in [4.69, 9.17) is 14.2 Å². The first-order chi connectivity index (χ1) is 16.0. The number of hydrogen-bond donors (Lipinski definition) is 0. The van der Waals surface area contributed by atoms with Crippen LogP contribution in [0.15, 0.2) is 90.4 Å². The first-order valence-corrected chi connectivity index (χ1v) is 10.5. The maximum Gasteiger partial charge on any atom is 0.338 e. The van der Waals surface area contributed by atoms with Gasteiger partial charge in [0.15, 0.2) is 0 Å². The molecule has 0 bridgehead atoms. The third-order valence-electron chi connectivity index (χ3n) is 4.98. The first kappa shape index (κ1) is 24.5. The summed E-state index contributed by atoms with van der Waals surface area (Å²) >= 11 is 0. The molecule has 34 heavy (non-hydrogen) atoms. The van der Waals surface area contributed by atoms with Gasteiger partial charge in [-0.3, -0.25) is 0 Å². The highest BCUT2D eigenvalue weighted by Gasteiger charge is 2.12. The van der Waals surface area contributed by atoms with Crippen LogP contribution in [0.3, 0.4) is 0 Å². The van der Waals surface area contributed by atoms with Gasteiger partial charge in [0, 0.05) is 22.8 Å². The Morgan fingerprint density at radius 2 is 1.29 bits per heavy atom. The van der Waals surface area contributed by atoms with Crippen molar-refractivity contribution in [3.63, 3.8) is 0 Å². The van der Waals surface area contributed by atoms with E-state index in [1.54, 1.807) is 45.0 Å². The molecule has 0 saturated carbocycles. The Bertz CT molecular complexity index is 1350. The van der Waals surface area contributed by atoms with Crippen LogP contribution < -0.4 is 9.47 Å². The SMILES string of the molecule is C=C(C)C(=O)OC(C)=C(C)Oc1ccc2cc(-c3ccc(OC(=O)C(=C)C)cc3F)ccc2c1. The Morgan fingerprint density at radius 1 is 0.706 bits per heavy atom. The van der Waals surface area contributed by atoms with E-state index in [9.17, 15) is 14.0 Å². The second kappa shape index (κ2) is 10.2. The summed E-state index contributed by atoms with van der Waals surface area (Å²) in [5.41, 5.74) is 1.59. The zero-order chi connectivity index (χ0) is 25.0. The topological polar surface area (TPSA) is 61.8 Å². The fourth-order valence-electron chi connectivity index (χ4n) is 2.99. The Morgan fingerprint density at radius 3 is 1.94 bits per heavy atom. The zero-order valence-electron chi connectivity index (χ0n) is 19.5. The Hall–Kier alpha value is -4.19. The fraction of sp³-hybridized carbons (Fsp3) is 0.143. The van der Waals surface area contributed by atoms with Crippen molar-refractivity contribution in [2.45, 2.75) is 27.7 Å². The summed E-state index contributed by atoms with van der Waals surface area (Å²) in [6.45, 7) is 13.5. The van der Waals surface area contributed by atoms with Gasteiger partial charge < -0.3 is 14.2 Å².